The third-order valence-electron chi connectivity index (χ3n) is 2.68. The van der Waals surface area contributed by atoms with Gasteiger partial charge in [0.1, 0.15) is 0 Å². The Morgan fingerprint density at radius 3 is 2.43 bits per heavy atom. The van der Waals surface area contributed by atoms with Gasteiger partial charge in [-0.05, 0) is 36.9 Å². The van der Waals surface area contributed by atoms with E-state index in [0.717, 1.165) is 18.7 Å². The van der Waals surface area contributed by atoms with Crippen molar-refractivity contribution in [3.05, 3.63) is 24.3 Å². The SMILES string of the molecule is CCCNc1nc(Nc2ccc(SC)cc2)nc(OC)n1. The van der Waals surface area contributed by atoms with Crippen LogP contribution in [-0.4, -0.2) is 34.9 Å². The fourth-order valence-corrected chi connectivity index (χ4v) is 2.03. The zero-order valence-corrected chi connectivity index (χ0v) is 13.2. The van der Waals surface area contributed by atoms with Gasteiger partial charge in [0.25, 0.3) is 0 Å². The van der Waals surface area contributed by atoms with Crippen LogP contribution in [0.4, 0.5) is 17.6 Å². The molecule has 0 fully saturated rings. The van der Waals surface area contributed by atoms with Crippen LogP contribution in [0.2, 0.25) is 0 Å². The summed E-state index contributed by atoms with van der Waals surface area (Å²) in [5.41, 5.74) is 0.919. The second-order valence-corrected chi connectivity index (χ2v) is 5.13. The first-order chi connectivity index (χ1) is 10.2. The van der Waals surface area contributed by atoms with Crippen LogP contribution in [0.3, 0.4) is 0 Å². The normalized spacial score (nSPS) is 10.2. The Bertz CT molecular complexity index is 576. The average molecular weight is 305 g/mol. The lowest BCUT2D eigenvalue weighted by atomic mass is 10.3. The van der Waals surface area contributed by atoms with Crippen LogP contribution in [0.1, 0.15) is 13.3 Å². The summed E-state index contributed by atoms with van der Waals surface area (Å²) in [6.45, 7) is 2.88. The van der Waals surface area contributed by atoms with Gasteiger partial charge >= 0.3 is 6.01 Å². The Kier molecular flexibility index (Phi) is 5.62. The van der Waals surface area contributed by atoms with Gasteiger partial charge in [0.2, 0.25) is 11.9 Å². The van der Waals surface area contributed by atoms with Gasteiger partial charge in [-0.25, -0.2) is 0 Å². The third-order valence-corrected chi connectivity index (χ3v) is 3.42. The monoisotopic (exact) mass is 305 g/mol. The molecule has 0 unspecified atom stereocenters. The molecule has 0 saturated heterocycles. The number of ether oxygens (including phenoxy) is 1. The van der Waals surface area contributed by atoms with Crippen molar-refractivity contribution in [2.75, 3.05) is 30.5 Å². The van der Waals surface area contributed by atoms with Crippen molar-refractivity contribution in [2.45, 2.75) is 18.2 Å². The van der Waals surface area contributed by atoms with Gasteiger partial charge < -0.3 is 15.4 Å². The Hall–Kier alpha value is -2.02. The lowest BCUT2D eigenvalue weighted by Crippen LogP contribution is -2.08. The van der Waals surface area contributed by atoms with Crippen molar-refractivity contribution in [3.8, 4) is 6.01 Å². The number of nitrogens with one attached hydrogen (secondary N) is 2. The fraction of sp³-hybridized carbons (Fsp3) is 0.357. The molecule has 112 valence electrons. The molecule has 1 heterocycles. The van der Waals surface area contributed by atoms with Crippen molar-refractivity contribution in [2.24, 2.45) is 0 Å². The lowest BCUT2D eigenvalue weighted by Gasteiger charge is -2.09. The van der Waals surface area contributed by atoms with E-state index in [4.69, 9.17) is 4.74 Å². The van der Waals surface area contributed by atoms with Gasteiger partial charge in [0.15, 0.2) is 0 Å². The summed E-state index contributed by atoms with van der Waals surface area (Å²) in [5, 5.41) is 6.28. The predicted molar refractivity (Wildman–Crippen MR) is 86.7 cm³/mol. The molecule has 2 rings (SSSR count). The highest BCUT2D eigenvalue weighted by molar-refractivity contribution is 7.98. The number of rotatable bonds is 7. The molecular weight excluding hydrogens is 286 g/mol. The summed E-state index contributed by atoms with van der Waals surface area (Å²) in [4.78, 5) is 13.9. The molecule has 0 aliphatic heterocycles. The highest BCUT2D eigenvalue weighted by atomic mass is 32.2. The quantitative estimate of drug-likeness (QED) is 0.761. The number of hydrogen-bond donors (Lipinski definition) is 2. The summed E-state index contributed by atoms with van der Waals surface area (Å²) in [5.74, 6) is 0.962. The molecule has 0 saturated carbocycles. The van der Waals surface area contributed by atoms with E-state index >= 15 is 0 Å². The van der Waals surface area contributed by atoms with E-state index < -0.39 is 0 Å². The van der Waals surface area contributed by atoms with E-state index in [0.29, 0.717) is 11.9 Å². The first-order valence-electron chi connectivity index (χ1n) is 6.70. The van der Waals surface area contributed by atoms with E-state index in [1.807, 2.05) is 30.5 Å². The molecular formula is C14H19N5OS. The van der Waals surface area contributed by atoms with Gasteiger partial charge in [-0.2, -0.15) is 15.0 Å². The molecule has 6 nitrogen and oxygen atoms in total. The number of methoxy groups -OCH3 is 1. The maximum absolute atomic E-state index is 5.10. The Morgan fingerprint density at radius 1 is 1.10 bits per heavy atom. The molecule has 21 heavy (non-hydrogen) atoms. The summed E-state index contributed by atoms with van der Waals surface area (Å²) < 4.78 is 5.10. The molecule has 1 aromatic heterocycles. The van der Waals surface area contributed by atoms with Gasteiger partial charge in [-0.3, -0.25) is 0 Å². The highest BCUT2D eigenvalue weighted by Gasteiger charge is 2.06. The van der Waals surface area contributed by atoms with Crippen LogP contribution in [0, 0.1) is 0 Å². The molecule has 0 radical (unpaired) electrons. The number of nitrogens with zero attached hydrogens (tertiary/aromatic N) is 3. The van der Waals surface area contributed by atoms with Gasteiger partial charge in [-0.1, -0.05) is 6.92 Å². The largest absolute Gasteiger partial charge is 0.467 e. The summed E-state index contributed by atoms with van der Waals surface area (Å²) in [7, 11) is 1.54. The van der Waals surface area contributed by atoms with Crippen LogP contribution in [0.5, 0.6) is 6.01 Å². The second-order valence-electron chi connectivity index (χ2n) is 4.25. The molecule has 0 amide bonds. The van der Waals surface area contributed by atoms with Gasteiger partial charge in [0.05, 0.1) is 7.11 Å². The smallest absolute Gasteiger partial charge is 0.322 e. The van der Waals surface area contributed by atoms with E-state index in [2.05, 4.69) is 32.5 Å². The Balaban J connectivity index is 2.16. The van der Waals surface area contributed by atoms with Crippen LogP contribution in [0.25, 0.3) is 0 Å². The fourth-order valence-electron chi connectivity index (χ4n) is 1.62. The number of aromatic nitrogens is 3. The minimum atomic E-state index is 0.284. The number of hydrogen-bond acceptors (Lipinski definition) is 7. The van der Waals surface area contributed by atoms with Crippen LogP contribution in [-0.2, 0) is 0 Å². The zero-order valence-electron chi connectivity index (χ0n) is 12.4. The zero-order chi connectivity index (χ0) is 15.1. The lowest BCUT2D eigenvalue weighted by molar-refractivity contribution is 0.379. The van der Waals surface area contributed by atoms with Crippen molar-refractivity contribution in [1.82, 2.24) is 15.0 Å². The van der Waals surface area contributed by atoms with E-state index in [-0.39, 0.29) is 6.01 Å². The minimum absolute atomic E-state index is 0.284. The molecule has 0 atom stereocenters. The molecule has 0 spiro atoms. The predicted octanol–water partition coefficient (Wildman–Crippen LogP) is 3.17. The molecule has 0 aliphatic carbocycles. The molecule has 2 N–H and O–H groups in total. The molecule has 0 bridgehead atoms. The van der Waals surface area contributed by atoms with E-state index in [1.54, 1.807) is 11.8 Å². The van der Waals surface area contributed by atoms with Crippen LogP contribution in [0.15, 0.2) is 29.2 Å². The Morgan fingerprint density at radius 2 is 1.81 bits per heavy atom. The maximum Gasteiger partial charge on any atom is 0.322 e. The van der Waals surface area contributed by atoms with Crippen molar-refractivity contribution in [3.63, 3.8) is 0 Å². The van der Waals surface area contributed by atoms with Crippen molar-refractivity contribution in [1.29, 1.82) is 0 Å². The molecule has 0 aliphatic rings. The summed E-state index contributed by atoms with van der Waals surface area (Å²) in [6.07, 6.45) is 3.04. The van der Waals surface area contributed by atoms with Crippen LogP contribution < -0.4 is 15.4 Å². The van der Waals surface area contributed by atoms with Crippen LogP contribution >= 0.6 is 11.8 Å². The van der Waals surface area contributed by atoms with Crippen molar-refractivity contribution < 1.29 is 4.74 Å². The first kappa shape index (κ1) is 15.4. The highest BCUT2D eigenvalue weighted by Crippen LogP contribution is 2.20. The summed E-state index contributed by atoms with van der Waals surface area (Å²) >= 11 is 1.70. The third kappa shape index (κ3) is 4.49. The number of benzene rings is 1. The molecule has 2 aromatic rings. The van der Waals surface area contributed by atoms with Gasteiger partial charge in [0, 0.05) is 17.1 Å². The Labute approximate surface area is 128 Å². The standard InChI is InChI=1S/C14H19N5OS/c1-4-9-15-12-17-13(19-14(18-12)20-2)16-10-5-7-11(21-3)8-6-10/h5-8H,4,9H2,1-3H3,(H2,15,16,17,18,19). The second kappa shape index (κ2) is 7.68. The average Bonchev–Trinajstić information content (AvgIpc) is 2.53. The molecule has 1 aromatic carbocycles. The number of anilines is 3. The topological polar surface area (TPSA) is 72.0 Å². The maximum atomic E-state index is 5.10. The van der Waals surface area contributed by atoms with Gasteiger partial charge in [-0.15, -0.1) is 11.8 Å². The first-order valence-corrected chi connectivity index (χ1v) is 7.92. The number of thioether (sulfide) groups is 1. The summed E-state index contributed by atoms with van der Waals surface area (Å²) in [6, 6.07) is 8.35. The van der Waals surface area contributed by atoms with E-state index in [9.17, 15) is 0 Å². The van der Waals surface area contributed by atoms with E-state index in [1.165, 1.54) is 12.0 Å². The van der Waals surface area contributed by atoms with Crippen molar-refractivity contribution >= 4 is 29.3 Å². The minimum Gasteiger partial charge on any atom is -0.467 e. The molecule has 7 heteroatoms.